The molecule has 0 radical (unpaired) electrons. The Labute approximate surface area is 142 Å². The number of aldehydes is 1. The second-order valence-corrected chi connectivity index (χ2v) is 14.2. The molecule has 0 N–H and O–H groups in total. The summed E-state index contributed by atoms with van der Waals surface area (Å²) >= 11 is 0. The molecule has 1 heterocycles. The van der Waals surface area contributed by atoms with Crippen molar-refractivity contribution >= 4 is 19.5 Å². The molecule has 0 fully saturated rings. The minimum Gasteiger partial charge on any atom is -0.480 e. The third-order valence-corrected chi connectivity index (χ3v) is 12.1. The highest BCUT2D eigenvalue weighted by molar-refractivity contribution is 6.92. The van der Waals surface area contributed by atoms with Crippen LogP contribution in [0.4, 0.5) is 0 Å². The van der Waals surface area contributed by atoms with Crippen LogP contribution in [-0.2, 0) is 11.2 Å². The molecule has 0 saturated heterocycles. The maximum atomic E-state index is 11.4. The highest BCUT2D eigenvalue weighted by atomic mass is 28.3. The summed E-state index contributed by atoms with van der Waals surface area (Å²) in [5.41, 5.74) is 4.64. The molecule has 1 atom stereocenters. The standard InChI is InChI=1S/C20H32O2Si/c1-13-14(2)18(23(8,9)19(4,5)6)15(3)16-10-11-20(7,12-21)22-17(13)16/h12H,10-11H2,1-9H3/t20-/m0/s1. The van der Waals surface area contributed by atoms with Gasteiger partial charge in [0.15, 0.2) is 11.9 Å². The first-order valence-electron chi connectivity index (χ1n) is 8.64. The highest BCUT2D eigenvalue weighted by Gasteiger charge is 2.42. The number of ether oxygens (including phenoxy) is 1. The van der Waals surface area contributed by atoms with Gasteiger partial charge in [0.2, 0.25) is 0 Å². The largest absolute Gasteiger partial charge is 0.480 e. The third kappa shape index (κ3) is 2.77. The average molecular weight is 333 g/mol. The molecule has 0 unspecified atom stereocenters. The molecule has 1 aromatic carbocycles. The van der Waals surface area contributed by atoms with Crippen LogP contribution in [0.15, 0.2) is 0 Å². The zero-order valence-electron chi connectivity index (χ0n) is 16.3. The maximum absolute atomic E-state index is 11.4. The van der Waals surface area contributed by atoms with E-state index in [1.54, 1.807) is 5.19 Å². The lowest BCUT2D eigenvalue weighted by Crippen LogP contribution is -2.53. The van der Waals surface area contributed by atoms with Crippen molar-refractivity contribution in [2.45, 2.75) is 85.0 Å². The van der Waals surface area contributed by atoms with E-state index < -0.39 is 13.7 Å². The van der Waals surface area contributed by atoms with Gasteiger partial charge in [-0.05, 0) is 67.8 Å². The summed E-state index contributed by atoms with van der Waals surface area (Å²) in [4.78, 5) is 11.4. The first-order chi connectivity index (χ1) is 10.4. The molecule has 1 aliphatic rings. The van der Waals surface area contributed by atoms with E-state index in [4.69, 9.17) is 4.74 Å². The Balaban J connectivity index is 2.73. The molecule has 0 bridgehead atoms. The van der Waals surface area contributed by atoms with Crippen molar-refractivity contribution in [3.8, 4) is 5.75 Å². The first kappa shape index (κ1) is 18.2. The fraction of sp³-hybridized carbons (Fsp3) is 0.650. The molecule has 0 saturated carbocycles. The molecule has 2 rings (SSSR count). The fourth-order valence-corrected chi connectivity index (χ4v) is 6.64. The van der Waals surface area contributed by atoms with Gasteiger partial charge in [0.1, 0.15) is 5.75 Å². The number of carbonyl (C=O) groups excluding carboxylic acids is 1. The molecule has 2 nitrogen and oxygen atoms in total. The quantitative estimate of drug-likeness (QED) is 0.584. The third-order valence-electron chi connectivity index (χ3n) is 6.34. The molecule has 1 aliphatic heterocycles. The van der Waals surface area contributed by atoms with E-state index in [1.165, 1.54) is 22.3 Å². The van der Waals surface area contributed by atoms with E-state index in [-0.39, 0.29) is 0 Å². The van der Waals surface area contributed by atoms with E-state index >= 15 is 0 Å². The smallest absolute Gasteiger partial charge is 0.163 e. The van der Waals surface area contributed by atoms with Gasteiger partial charge in [-0.15, -0.1) is 0 Å². The molecule has 3 heteroatoms. The molecule has 0 amide bonds. The van der Waals surface area contributed by atoms with Crippen molar-refractivity contribution in [1.29, 1.82) is 0 Å². The van der Waals surface area contributed by atoms with Crippen LogP contribution in [0.3, 0.4) is 0 Å². The van der Waals surface area contributed by atoms with Crippen LogP contribution in [0.2, 0.25) is 18.1 Å². The molecule has 1 aromatic rings. The van der Waals surface area contributed by atoms with Crippen LogP contribution >= 0.6 is 0 Å². The molecular weight excluding hydrogens is 300 g/mol. The van der Waals surface area contributed by atoms with Gasteiger partial charge in [0, 0.05) is 0 Å². The number of hydrogen-bond acceptors (Lipinski definition) is 2. The van der Waals surface area contributed by atoms with E-state index in [2.05, 4.69) is 54.6 Å². The lowest BCUT2D eigenvalue weighted by Gasteiger charge is -2.42. The maximum Gasteiger partial charge on any atom is 0.163 e. The van der Waals surface area contributed by atoms with Crippen molar-refractivity contribution in [3.05, 3.63) is 22.3 Å². The molecule has 0 spiro atoms. The Kier molecular flexibility index (Phi) is 4.34. The molecule has 0 aliphatic carbocycles. The number of hydrogen-bond donors (Lipinski definition) is 0. The van der Waals surface area contributed by atoms with Crippen LogP contribution in [-0.4, -0.2) is 20.0 Å². The van der Waals surface area contributed by atoms with Gasteiger partial charge in [0.25, 0.3) is 0 Å². The topological polar surface area (TPSA) is 26.3 Å². The Morgan fingerprint density at radius 1 is 1.09 bits per heavy atom. The Bertz CT molecular complexity index is 653. The van der Waals surface area contributed by atoms with Crippen molar-refractivity contribution in [2.75, 3.05) is 0 Å². The van der Waals surface area contributed by atoms with Crippen molar-refractivity contribution in [3.63, 3.8) is 0 Å². The summed E-state index contributed by atoms with van der Waals surface area (Å²) in [6, 6.07) is 0. The summed E-state index contributed by atoms with van der Waals surface area (Å²) in [6.45, 7) is 20.6. The lowest BCUT2D eigenvalue weighted by molar-refractivity contribution is -0.121. The summed E-state index contributed by atoms with van der Waals surface area (Å²) in [5.74, 6) is 0.961. The second-order valence-electron chi connectivity index (χ2n) is 8.97. The van der Waals surface area contributed by atoms with Crippen LogP contribution in [0.5, 0.6) is 5.75 Å². The second kappa shape index (κ2) is 5.47. The fourth-order valence-electron chi connectivity index (χ4n) is 3.68. The van der Waals surface area contributed by atoms with Crippen LogP contribution in [0.1, 0.15) is 56.4 Å². The minimum atomic E-state index is -1.63. The summed E-state index contributed by atoms with van der Waals surface area (Å²) < 4.78 is 6.16. The Morgan fingerprint density at radius 2 is 1.65 bits per heavy atom. The number of carbonyl (C=O) groups is 1. The van der Waals surface area contributed by atoms with E-state index in [9.17, 15) is 4.79 Å². The number of rotatable bonds is 2. The van der Waals surface area contributed by atoms with E-state index in [0.717, 1.165) is 24.9 Å². The first-order valence-corrected chi connectivity index (χ1v) is 11.6. The van der Waals surface area contributed by atoms with Crippen LogP contribution in [0.25, 0.3) is 0 Å². The van der Waals surface area contributed by atoms with E-state index in [0.29, 0.717) is 5.04 Å². The molecule has 128 valence electrons. The summed E-state index contributed by atoms with van der Waals surface area (Å²) in [7, 11) is -1.63. The normalized spacial score (nSPS) is 21.6. The van der Waals surface area contributed by atoms with Crippen molar-refractivity contribution in [2.24, 2.45) is 0 Å². The summed E-state index contributed by atoms with van der Waals surface area (Å²) in [5, 5.41) is 1.88. The van der Waals surface area contributed by atoms with E-state index in [1.807, 2.05) is 6.92 Å². The van der Waals surface area contributed by atoms with Gasteiger partial charge >= 0.3 is 0 Å². The average Bonchev–Trinajstić information content (AvgIpc) is 2.43. The van der Waals surface area contributed by atoms with Crippen LogP contribution in [0, 0.1) is 20.8 Å². The zero-order valence-corrected chi connectivity index (χ0v) is 17.3. The van der Waals surface area contributed by atoms with Gasteiger partial charge < -0.3 is 4.74 Å². The Morgan fingerprint density at radius 3 is 2.13 bits per heavy atom. The van der Waals surface area contributed by atoms with Gasteiger partial charge in [-0.1, -0.05) is 39.1 Å². The van der Waals surface area contributed by atoms with Crippen molar-refractivity contribution < 1.29 is 9.53 Å². The molecular formula is C20H32O2Si. The van der Waals surface area contributed by atoms with Gasteiger partial charge in [-0.25, -0.2) is 0 Å². The predicted molar refractivity (Wildman–Crippen MR) is 101 cm³/mol. The highest BCUT2D eigenvalue weighted by Crippen LogP contribution is 2.42. The molecule has 23 heavy (non-hydrogen) atoms. The predicted octanol–water partition coefficient (Wildman–Crippen LogP) is 4.61. The van der Waals surface area contributed by atoms with Crippen molar-refractivity contribution in [1.82, 2.24) is 0 Å². The minimum absolute atomic E-state index is 0.302. The van der Waals surface area contributed by atoms with Crippen LogP contribution < -0.4 is 9.92 Å². The Hall–Kier alpha value is -1.09. The summed E-state index contributed by atoms with van der Waals surface area (Å²) in [6.07, 6.45) is 2.66. The number of fused-ring (bicyclic) bond motifs is 1. The van der Waals surface area contributed by atoms with Gasteiger partial charge in [-0.2, -0.15) is 0 Å². The zero-order chi connectivity index (χ0) is 17.8. The number of benzene rings is 1. The monoisotopic (exact) mass is 332 g/mol. The SMILES string of the molecule is Cc1c(C)c([Si](C)(C)C(C)(C)C)c(C)c2c1O[C@](C)(C=O)CC2. The van der Waals surface area contributed by atoms with Gasteiger partial charge in [-0.3, -0.25) is 4.79 Å². The molecule has 0 aromatic heterocycles. The lowest BCUT2D eigenvalue weighted by atomic mass is 9.88. The van der Waals surface area contributed by atoms with Gasteiger partial charge in [0.05, 0.1) is 8.07 Å².